The average molecular weight is 472 g/mol. The Labute approximate surface area is 190 Å². The monoisotopic (exact) mass is 471 g/mol. The number of ketones is 1. The molecular formula is C20H29N3O6S2. The second-order valence-corrected chi connectivity index (χ2v) is 11.0. The number of hydrogen-bond acceptors (Lipinski definition) is 8. The molecule has 0 radical (unpaired) electrons. The van der Waals surface area contributed by atoms with E-state index >= 15 is 0 Å². The molecule has 1 N–H and O–H groups in total. The zero-order chi connectivity index (χ0) is 23.3. The Morgan fingerprint density at radius 3 is 1.81 bits per heavy atom. The summed E-state index contributed by atoms with van der Waals surface area (Å²) in [5.74, 6) is -1.87. The molecule has 0 aromatic rings. The number of nitrogens with one attached hydrogen (secondary N) is 1. The number of carbonyl (C=O) groups excluding carboxylic acids is 6. The van der Waals surface area contributed by atoms with Crippen LogP contribution in [0.1, 0.15) is 46.5 Å². The summed E-state index contributed by atoms with van der Waals surface area (Å²) in [5.41, 5.74) is 0. The smallest absolute Gasteiger partial charge is 0.243 e. The van der Waals surface area contributed by atoms with Crippen LogP contribution in [0.2, 0.25) is 0 Å². The Kier molecular flexibility index (Phi) is 9.11. The van der Waals surface area contributed by atoms with Gasteiger partial charge in [0.2, 0.25) is 29.5 Å². The van der Waals surface area contributed by atoms with Crippen LogP contribution in [0.25, 0.3) is 0 Å². The molecule has 2 fully saturated rings. The lowest BCUT2D eigenvalue weighted by Gasteiger charge is -2.21. The standard InChI is InChI=1S/C20H29N3O6S2/c1-5-13(24)9-22-17(26)7-14(19(22)28)30-11(2)6-12(3)31-15-8-18(27)23(20(15)29)10-16(25)21-4/h11-12,14-15H,5-10H2,1-4H3,(H,21,25). The first-order valence-corrected chi connectivity index (χ1v) is 12.2. The van der Waals surface area contributed by atoms with Crippen molar-refractivity contribution < 1.29 is 28.8 Å². The summed E-state index contributed by atoms with van der Waals surface area (Å²) in [7, 11) is 1.45. The molecule has 2 aliphatic rings. The maximum atomic E-state index is 12.5. The molecule has 4 atom stereocenters. The van der Waals surface area contributed by atoms with E-state index in [0.29, 0.717) is 6.42 Å². The Hall–Kier alpha value is -1.88. The number of thioether (sulfide) groups is 2. The van der Waals surface area contributed by atoms with Gasteiger partial charge >= 0.3 is 0 Å². The molecule has 4 unspecified atom stereocenters. The van der Waals surface area contributed by atoms with Crippen LogP contribution in [-0.4, -0.2) is 86.3 Å². The van der Waals surface area contributed by atoms with Gasteiger partial charge in [-0.15, -0.1) is 23.5 Å². The molecule has 11 heteroatoms. The summed E-state index contributed by atoms with van der Waals surface area (Å²) in [6.45, 7) is 5.19. The van der Waals surface area contributed by atoms with Crippen molar-refractivity contribution in [3.63, 3.8) is 0 Å². The minimum atomic E-state index is -0.519. The van der Waals surface area contributed by atoms with Gasteiger partial charge in [-0.25, -0.2) is 0 Å². The highest BCUT2D eigenvalue weighted by atomic mass is 32.2. The summed E-state index contributed by atoms with van der Waals surface area (Å²) < 4.78 is 0. The number of likely N-dealkylation sites (tertiary alicyclic amines) is 2. The molecular weight excluding hydrogens is 442 g/mol. The first-order chi connectivity index (χ1) is 14.6. The van der Waals surface area contributed by atoms with E-state index in [2.05, 4.69) is 5.32 Å². The summed E-state index contributed by atoms with van der Waals surface area (Å²) in [4.78, 5) is 74.3. The Morgan fingerprint density at radius 1 is 0.935 bits per heavy atom. The quantitative estimate of drug-likeness (QED) is 0.435. The highest BCUT2D eigenvalue weighted by Crippen LogP contribution is 2.35. The van der Waals surface area contributed by atoms with E-state index in [1.54, 1.807) is 6.92 Å². The van der Waals surface area contributed by atoms with Gasteiger partial charge in [0.25, 0.3) is 0 Å². The normalized spacial score (nSPS) is 23.5. The molecule has 2 aliphatic heterocycles. The lowest BCUT2D eigenvalue weighted by molar-refractivity contribution is -0.142. The van der Waals surface area contributed by atoms with Gasteiger partial charge in [0, 0.05) is 36.8 Å². The highest BCUT2D eigenvalue weighted by Gasteiger charge is 2.42. The first-order valence-electron chi connectivity index (χ1n) is 10.3. The van der Waals surface area contributed by atoms with Crippen LogP contribution in [0, 0.1) is 0 Å². The second-order valence-electron chi connectivity index (χ2n) is 7.72. The number of carbonyl (C=O) groups is 6. The van der Waals surface area contributed by atoms with Gasteiger partial charge in [-0.1, -0.05) is 20.8 Å². The molecule has 2 rings (SSSR count). The van der Waals surface area contributed by atoms with Crippen LogP contribution >= 0.6 is 23.5 Å². The van der Waals surface area contributed by atoms with Gasteiger partial charge in [-0.3, -0.25) is 38.6 Å². The fourth-order valence-electron chi connectivity index (χ4n) is 3.50. The topological polar surface area (TPSA) is 121 Å². The fraction of sp³-hybridized carbons (Fsp3) is 0.700. The summed E-state index contributed by atoms with van der Waals surface area (Å²) in [5, 5.41) is 1.47. The van der Waals surface area contributed by atoms with Crippen LogP contribution in [0.15, 0.2) is 0 Å². The van der Waals surface area contributed by atoms with Crippen LogP contribution in [0.5, 0.6) is 0 Å². The van der Waals surface area contributed by atoms with Gasteiger partial charge in [-0.2, -0.15) is 0 Å². The van der Waals surface area contributed by atoms with Gasteiger partial charge in [0.15, 0.2) is 5.78 Å². The molecule has 5 amide bonds. The molecule has 0 spiro atoms. The number of imide groups is 2. The summed E-state index contributed by atoms with van der Waals surface area (Å²) in [6, 6.07) is 0. The molecule has 31 heavy (non-hydrogen) atoms. The van der Waals surface area contributed by atoms with Gasteiger partial charge < -0.3 is 5.32 Å². The predicted octanol–water partition coefficient (Wildman–Crippen LogP) is 0.600. The molecule has 2 saturated heterocycles. The number of likely N-dealkylation sites (N-methyl/N-ethyl adjacent to an activating group) is 1. The lowest BCUT2D eigenvalue weighted by Crippen LogP contribution is -2.40. The third-order valence-corrected chi connectivity index (χ3v) is 7.88. The van der Waals surface area contributed by atoms with Crippen molar-refractivity contribution in [2.24, 2.45) is 0 Å². The van der Waals surface area contributed by atoms with Crippen molar-refractivity contribution >= 4 is 58.8 Å². The second kappa shape index (κ2) is 11.1. The number of hydrogen-bond donors (Lipinski definition) is 1. The lowest BCUT2D eigenvalue weighted by atomic mass is 10.3. The van der Waals surface area contributed by atoms with E-state index in [4.69, 9.17) is 0 Å². The van der Waals surface area contributed by atoms with E-state index in [9.17, 15) is 28.8 Å². The van der Waals surface area contributed by atoms with Crippen molar-refractivity contribution in [2.75, 3.05) is 20.1 Å². The number of nitrogens with zero attached hydrogens (tertiary/aromatic N) is 2. The molecule has 0 saturated carbocycles. The number of amides is 5. The van der Waals surface area contributed by atoms with Crippen LogP contribution in [-0.2, 0) is 28.8 Å². The van der Waals surface area contributed by atoms with E-state index in [1.807, 2.05) is 13.8 Å². The Balaban J connectivity index is 1.84. The van der Waals surface area contributed by atoms with E-state index in [1.165, 1.54) is 30.6 Å². The van der Waals surface area contributed by atoms with Gasteiger partial charge in [0.05, 0.1) is 17.0 Å². The molecule has 0 aliphatic carbocycles. The molecule has 172 valence electrons. The zero-order valence-electron chi connectivity index (χ0n) is 18.2. The maximum Gasteiger partial charge on any atom is 0.243 e. The van der Waals surface area contributed by atoms with Gasteiger partial charge in [0.1, 0.15) is 6.54 Å². The summed E-state index contributed by atoms with van der Waals surface area (Å²) in [6.07, 6.45) is 1.12. The Bertz CT molecular complexity index is 712. The van der Waals surface area contributed by atoms with Crippen LogP contribution in [0.3, 0.4) is 0 Å². The van der Waals surface area contributed by atoms with E-state index in [-0.39, 0.29) is 72.3 Å². The molecule has 9 nitrogen and oxygen atoms in total. The molecule has 2 heterocycles. The summed E-state index contributed by atoms with van der Waals surface area (Å²) >= 11 is 2.80. The van der Waals surface area contributed by atoms with Crippen LogP contribution in [0.4, 0.5) is 0 Å². The molecule has 0 aromatic heterocycles. The van der Waals surface area contributed by atoms with Gasteiger partial charge in [-0.05, 0) is 6.42 Å². The maximum absolute atomic E-state index is 12.5. The predicted molar refractivity (Wildman–Crippen MR) is 118 cm³/mol. The van der Waals surface area contributed by atoms with E-state index in [0.717, 1.165) is 9.80 Å². The zero-order valence-corrected chi connectivity index (χ0v) is 19.8. The molecule has 0 aromatic carbocycles. The average Bonchev–Trinajstić information content (AvgIpc) is 3.11. The molecule has 0 bridgehead atoms. The minimum Gasteiger partial charge on any atom is -0.358 e. The third-order valence-electron chi connectivity index (χ3n) is 5.17. The van der Waals surface area contributed by atoms with Crippen LogP contribution < -0.4 is 5.32 Å². The Morgan fingerprint density at radius 2 is 1.39 bits per heavy atom. The van der Waals surface area contributed by atoms with Crippen molar-refractivity contribution in [1.82, 2.24) is 15.1 Å². The first kappa shape index (κ1) is 25.4. The minimum absolute atomic E-state index is 0.0363. The largest absolute Gasteiger partial charge is 0.358 e. The fourth-order valence-corrected chi connectivity index (χ4v) is 6.51. The van der Waals surface area contributed by atoms with Crippen molar-refractivity contribution in [3.05, 3.63) is 0 Å². The SMILES string of the molecule is CCC(=O)CN1C(=O)CC(SC(C)CC(C)SC2CC(=O)N(CC(=O)NC)C2=O)C1=O. The highest BCUT2D eigenvalue weighted by molar-refractivity contribution is 8.02. The van der Waals surface area contributed by atoms with Crippen molar-refractivity contribution in [3.8, 4) is 0 Å². The van der Waals surface area contributed by atoms with Crippen molar-refractivity contribution in [1.29, 1.82) is 0 Å². The number of Topliss-reactive ketones (excluding diaryl/α,β-unsaturated/α-hetero) is 1. The van der Waals surface area contributed by atoms with E-state index < -0.39 is 16.4 Å². The van der Waals surface area contributed by atoms with Crippen molar-refractivity contribution in [2.45, 2.75) is 67.5 Å². The third kappa shape index (κ3) is 6.55. The number of rotatable bonds is 11.